The highest BCUT2D eigenvalue weighted by Gasteiger charge is 2.18. The first kappa shape index (κ1) is 17.3. The molecule has 0 bridgehead atoms. The minimum atomic E-state index is -0.421. The molecule has 1 aromatic heterocycles. The van der Waals surface area contributed by atoms with Crippen LogP contribution in [0.2, 0.25) is 0 Å². The summed E-state index contributed by atoms with van der Waals surface area (Å²) in [5.74, 6) is 0. The smallest absolute Gasteiger partial charge is 0.143 e. The first-order valence-corrected chi connectivity index (χ1v) is 14.1. The van der Waals surface area contributed by atoms with Crippen LogP contribution < -0.4 is 0 Å². The highest BCUT2D eigenvalue weighted by atomic mass is 16.3. The third-order valence-corrected chi connectivity index (χ3v) is 8.31. The zero-order valence-electron chi connectivity index (χ0n) is 30.8. The Morgan fingerprint density at radius 3 is 1.67 bits per heavy atom. The van der Waals surface area contributed by atoms with Crippen molar-refractivity contribution in [2.24, 2.45) is 0 Å². The molecule has 9 rings (SSSR count). The number of hydrogen-bond donors (Lipinski definition) is 0. The Kier molecular flexibility index (Phi) is 3.80. The Labute approximate surface area is 260 Å². The normalized spacial score (nSPS) is 14.3. The van der Waals surface area contributed by atoms with Crippen molar-refractivity contribution >= 4 is 54.3 Å². The van der Waals surface area contributed by atoms with Crippen LogP contribution in [0.1, 0.15) is 11.0 Å². The summed E-state index contributed by atoms with van der Waals surface area (Å²) >= 11 is 0. The Balaban J connectivity index is 1.37. The summed E-state index contributed by atoms with van der Waals surface area (Å²) < 4.78 is 77.5. The number of hydrogen-bond acceptors (Lipinski definition) is 1. The van der Waals surface area contributed by atoms with Crippen LogP contribution in [0.15, 0.2) is 162 Å². The Morgan fingerprint density at radius 2 is 1.00 bits per heavy atom. The SMILES string of the molecule is [2H]c1c([2H])c([2H])c2c(-c3ccc(-c4cccc5oc6c7ccccc7ccc6c45)cc3)c3c([2H])c([2H])c([2H])c([2H])c3c(-c3ccccc3)c2c1[2H]. The molecule has 0 saturated heterocycles. The van der Waals surface area contributed by atoms with Gasteiger partial charge in [0.1, 0.15) is 11.2 Å². The van der Waals surface area contributed by atoms with Crippen LogP contribution in [0.5, 0.6) is 0 Å². The fourth-order valence-electron chi connectivity index (χ4n) is 6.42. The van der Waals surface area contributed by atoms with Crippen molar-refractivity contribution in [3.63, 3.8) is 0 Å². The Hall–Kier alpha value is -5.66. The van der Waals surface area contributed by atoms with Crippen LogP contribution in [0.3, 0.4) is 0 Å². The van der Waals surface area contributed by atoms with E-state index in [0.29, 0.717) is 22.3 Å². The maximum absolute atomic E-state index is 9.16. The van der Waals surface area contributed by atoms with Gasteiger partial charge in [-0.05, 0) is 72.4 Å². The summed E-state index contributed by atoms with van der Waals surface area (Å²) in [5.41, 5.74) is 5.20. The van der Waals surface area contributed by atoms with E-state index >= 15 is 0 Å². The van der Waals surface area contributed by atoms with Gasteiger partial charge >= 0.3 is 0 Å². The summed E-state index contributed by atoms with van der Waals surface area (Å²) in [6, 6.07) is 32.0. The molecule has 43 heavy (non-hydrogen) atoms. The summed E-state index contributed by atoms with van der Waals surface area (Å²) in [4.78, 5) is 0. The molecule has 0 aliphatic carbocycles. The van der Waals surface area contributed by atoms with Gasteiger partial charge in [-0.15, -0.1) is 0 Å². The minimum absolute atomic E-state index is 0.194. The quantitative estimate of drug-likeness (QED) is 0.198. The molecule has 0 unspecified atom stereocenters. The van der Waals surface area contributed by atoms with Crippen molar-refractivity contribution in [1.82, 2.24) is 0 Å². The lowest BCUT2D eigenvalue weighted by molar-refractivity contribution is 0.673. The first-order chi connectivity index (χ1) is 24.7. The van der Waals surface area contributed by atoms with Gasteiger partial charge in [0.2, 0.25) is 0 Å². The maximum atomic E-state index is 9.16. The molecule has 1 nitrogen and oxygen atoms in total. The average molecular weight is 555 g/mol. The Morgan fingerprint density at radius 1 is 0.419 bits per heavy atom. The molecule has 0 spiro atoms. The van der Waals surface area contributed by atoms with E-state index in [4.69, 9.17) is 15.4 Å². The molecule has 0 fully saturated rings. The van der Waals surface area contributed by atoms with Crippen LogP contribution in [0.25, 0.3) is 87.6 Å². The lowest BCUT2D eigenvalue weighted by Crippen LogP contribution is -1.90. The predicted octanol–water partition coefficient (Wildman–Crippen LogP) is 12.0. The van der Waals surface area contributed by atoms with E-state index in [1.165, 1.54) is 0 Å². The summed E-state index contributed by atoms with van der Waals surface area (Å²) in [5, 5.41) is 4.86. The van der Waals surface area contributed by atoms with Gasteiger partial charge in [-0.25, -0.2) is 0 Å². The van der Waals surface area contributed by atoms with Gasteiger partial charge in [0.25, 0.3) is 0 Å². The van der Waals surface area contributed by atoms with E-state index < -0.39 is 24.2 Å². The standard InChI is InChI=1S/C42H26O/c1-2-12-29(13-3-1)39-33-15-6-8-17-35(33)40(36-18-9-7-16-34(36)39)30-23-21-28(22-24-30)31-19-10-20-38-41(31)37-26-25-27-11-4-5-14-32(27)42(37)43-38/h1-26H/i6D,7D,8D,9D,15D,16D,17D,18D. The van der Waals surface area contributed by atoms with E-state index in [1.807, 2.05) is 60.7 Å². The molecule has 0 N–H and O–H groups in total. The van der Waals surface area contributed by atoms with Crippen molar-refractivity contribution in [1.29, 1.82) is 0 Å². The number of fused-ring (bicyclic) bond motifs is 7. The minimum Gasteiger partial charge on any atom is -0.455 e. The average Bonchev–Trinajstić information content (AvgIpc) is 3.56. The molecule has 1 heteroatoms. The highest BCUT2D eigenvalue weighted by molar-refractivity contribution is 6.22. The first-order valence-electron chi connectivity index (χ1n) is 18.1. The second-order valence-electron chi connectivity index (χ2n) is 10.6. The van der Waals surface area contributed by atoms with Crippen LogP contribution in [-0.2, 0) is 0 Å². The van der Waals surface area contributed by atoms with Gasteiger partial charge in [0.15, 0.2) is 0 Å². The van der Waals surface area contributed by atoms with Crippen molar-refractivity contribution in [2.45, 2.75) is 0 Å². The molecule has 0 saturated carbocycles. The predicted molar refractivity (Wildman–Crippen MR) is 183 cm³/mol. The third kappa shape index (κ3) is 3.65. The fourth-order valence-corrected chi connectivity index (χ4v) is 6.42. The van der Waals surface area contributed by atoms with E-state index in [-0.39, 0.29) is 45.7 Å². The van der Waals surface area contributed by atoms with Crippen LogP contribution in [-0.4, -0.2) is 0 Å². The fraction of sp³-hybridized carbons (Fsp3) is 0. The highest BCUT2D eigenvalue weighted by Crippen LogP contribution is 2.44. The third-order valence-electron chi connectivity index (χ3n) is 8.31. The van der Waals surface area contributed by atoms with Crippen molar-refractivity contribution in [3.8, 4) is 33.4 Å². The second kappa shape index (κ2) is 9.44. The van der Waals surface area contributed by atoms with Gasteiger partial charge in [-0.3, -0.25) is 0 Å². The van der Waals surface area contributed by atoms with E-state index in [1.54, 1.807) is 24.3 Å². The van der Waals surface area contributed by atoms with Gasteiger partial charge < -0.3 is 4.42 Å². The van der Waals surface area contributed by atoms with Crippen molar-refractivity contribution in [3.05, 3.63) is 158 Å². The summed E-state index contributed by atoms with van der Waals surface area (Å²) in [7, 11) is 0. The molecule has 200 valence electrons. The molecular formula is C42H26O. The molecule has 9 aromatic rings. The maximum Gasteiger partial charge on any atom is 0.143 e. The summed E-state index contributed by atoms with van der Waals surface area (Å²) in [6.07, 6.45) is 0. The molecule has 0 atom stereocenters. The topological polar surface area (TPSA) is 13.1 Å². The molecule has 0 aliphatic heterocycles. The van der Waals surface area contributed by atoms with E-state index in [0.717, 1.165) is 43.8 Å². The van der Waals surface area contributed by atoms with E-state index in [9.17, 15) is 0 Å². The van der Waals surface area contributed by atoms with Crippen LogP contribution in [0.4, 0.5) is 0 Å². The summed E-state index contributed by atoms with van der Waals surface area (Å²) in [6.45, 7) is 0. The zero-order valence-corrected chi connectivity index (χ0v) is 22.8. The second-order valence-corrected chi connectivity index (χ2v) is 10.6. The molecule has 1 heterocycles. The number of benzene rings is 8. The lowest BCUT2D eigenvalue weighted by Gasteiger charge is -2.18. The molecule has 0 aliphatic rings. The lowest BCUT2D eigenvalue weighted by atomic mass is 9.85. The van der Waals surface area contributed by atoms with Crippen LogP contribution in [0, 0.1) is 0 Å². The Bertz CT molecular complexity index is 2850. The molecular weight excluding hydrogens is 520 g/mol. The van der Waals surface area contributed by atoms with Crippen molar-refractivity contribution in [2.75, 3.05) is 0 Å². The number of furan rings is 1. The van der Waals surface area contributed by atoms with Gasteiger partial charge in [-0.1, -0.05) is 145 Å². The van der Waals surface area contributed by atoms with Gasteiger partial charge in [0, 0.05) is 16.2 Å². The van der Waals surface area contributed by atoms with E-state index in [2.05, 4.69) is 24.3 Å². The van der Waals surface area contributed by atoms with Gasteiger partial charge in [-0.2, -0.15) is 0 Å². The molecule has 0 amide bonds. The number of rotatable bonds is 3. The molecule has 8 aromatic carbocycles. The largest absolute Gasteiger partial charge is 0.455 e. The van der Waals surface area contributed by atoms with Gasteiger partial charge in [0.05, 0.1) is 11.0 Å². The zero-order chi connectivity index (χ0) is 35.3. The molecule has 0 radical (unpaired) electrons. The van der Waals surface area contributed by atoms with Crippen LogP contribution >= 0.6 is 0 Å². The van der Waals surface area contributed by atoms with Crippen molar-refractivity contribution < 1.29 is 15.4 Å². The monoisotopic (exact) mass is 554 g/mol.